The molecule has 1 aliphatic heterocycles. The molecule has 1 aromatic heterocycles. The van der Waals surface area contributed by atoms with E-state index in [1.807, 2.05) is 18.2 Å². The maximum Gasteiger partial charge on any atom is 0.331 e. The lowest BCUT2D eigenvalue weighted by molar-refractivity contribution is 0.0928. The van der Waals surface area contributed by atoms with Gasteiger partial charge in [0.25, 0.3) is 11.5 Å². The number of methoxy groups -OCH3 is 1. The summed E-state index contributed by atoms with van der Waals surface area (Å²) < 4.78 is 13.1. The molecule has 1 N–H and O–H groups in total. The van der Waals surface area contributed by atoms with E-state index >= 15 is 0 Å². The van der Waals surface area contributed by atoms with Crippen LogP contribution < -0.4 is 26.0 Å². The molecule has 0 saturated heterocycles. The number of hydrogen-bond donors (Lipinski definition) is 1. The number of aromatic nitrogens is 2. The summed E-state index contributed by atoms with van der Waals surface area (Å²) in [6, 6.07) is 6.83. The molecule has 0 fully saturated rings. The summed E-state index contributed by atoms with van der Waals surface area (Å²) in [5, 5.41) is 2.79. The van der Waals surface area contributed by atoms with Gasteiger partial charge in [-0.2, -0.15) is 0 Å². The van der Waals surface area contributed by atoms with E-state index in [9.17, 15) is 14.4 Å². The summed E-state index contributed by atoms with van der Waals surface area (Å²) in [5.41, 5.74) is 0.0471. The lowest BCUT2D eigenvalue weighted by Gasteiger charge is -2.26. The molecule has 1 amide bonds. The van der Waals surface area contributed by atoms with Crippen molar-refractivity contribution >= 4 is 5.91 Å². The van der Waals surface area contributed by atoms with Crippen LogP contribution in [-0.2, 0) is 20.5 Å². The van der Waals surface area contributed by atoms with Crippen LogP contribution in [0.1, 0.15) is 16.1 Å². The average Bonchev–Trinajstić information content (AvgIpc) is 2.66. The van der Waals surface area contributed by atoms with Gasteiger partial charge in [-0.1, -0.05) is 6.07 Å². The van der Waals surface area contributed by atoms with Crippen molar-refractivity contribution in [3.63, 3.8) is 0 Å². The number of hydrogen-bond acceptors (Lipinski definition) is 5. The quantitative estimate of drug-likeness (QED) is 0.834. The molecule has 2 aromatic rings. The van der Waals surface area contributed by atoms with Crippen molar-refractivity contribution in [2.75, 3.05) is 20.3 Å². The van der Waals surface area contributed by atoms with E-state index in [1.165, 1.54) is 14.1 Å². The number of nitrogens with zero attached hydrogens (tertiary/aromatic N) is 2. The average molecular weight is 359 g/mol. The first-order valence-corrected chi connectivity index (χ1v) is 8.25. The van der Waals surface area contributed by atoms with Crippen LogP contribution in [0.5, 0.6) is 11.5 Å². The van der Waals surface area contributed by atoms with Crippen LogP contribution in [0.25, 0.3) is 0 Å². The minimum Gasteiger partial charge on any atom is -0.497 e. The first-order chi connectivity index (χ1) is 12.4. The van der Waals surface area contributed by atoms with Gasteiger partial charge in [-0.05, 0) is 18.1 Å². The summed E-state index contributed by atoms with van der Waals surface area (Å²) in [6.07, 6.45) is 0.759. The summed E-state index contributed by atoms with van der Waals surface area (Å²) in [6.45, 7) is 0.851. The van der Waals surface area contributed by atoms with E-state index in [1.54, 1.807) is 7.11 Å². The predicted octanol–water partition coefficient (Wildman–Crippen LogP) is 0.0737. The van der Waals surface area contributed by atoms with E-state index in [0.29, 0.717) is 13.2 Å². The van der Waals surface area contributed by atoms with E-state index in [4.69, 9.17) is 9.47 Å². The molecule has 1 aliphatic rings. The van der Waals surface area contributed by atoms with Crippen molar-refractivity contribution in [2.45, 2.75) is 6.42 Å². The Morgan fingerprint density at radius 2 is 2.04 bits per heavy atom. The number of carbonyl (C=O) groups excluding carboxylic acids is 1. The highest BCUT2D eigenvalue weighted by molar-refractivity contribution is 5.92. The van der Waals surface area contributed by atoms with Gasteiger partial charge < -0.3 is 14.8 Å². The van der Waals surface area contributed by atoms with Gasteiger partial charge in [0.05, 0.1) is 13.7 Å². The van der Waals surface area contributed by atoms with Gasteiger partial charge in [-0.25, -0.2) is 4.79 Å². The standard InChI is InChI=1S/C18H21N3O5/c1-20-14(8-16(22)21(2)18(20)24)17(23)19-9-11-6-12-4-5-13(25-3)7-15(12)26-10-11/h4-5,7-8,11H,6,9-10H2,1-3H3,(H,19,23)/t11-/m1/s1. The Morgan fingerprint density at radius 1 is 1.27 bits per heavy atom. The Balaban J connectivity index is 1.67. The zero-order valence-corrected chi connectivity index (χ0v) is 14.9. The fraction of sp³-hybridized carbons (Fsp3) is 0.389. The fourth-order valence-corrected chi connectivity index (χ4v) is 2.95. The normalized spacial score (nSPS) is 15.7. The molecule has 0 saturated carbocycles. The Labute approximate surface area is 150 Å². The number of fused-ring (bicyclic) bond motifs is 1. The van der Waals surface area contributed by atoms with Crippen molar-refractivity contribution in [3.05, 3.63) is 56.4 Å². The van der Waals surface area contributed by atoms with Gasteiger partial charge in [-0.3, -0.25) is 18.7 Å². The van der Waals surface area contributed by atoms with Crippen LogP contribution in [0.2, 0.25) is 0 Å². The molecule has 26 heavy (non-hydrogen) atoms. The first kappa shape index (κ1) is 17.8. The minimum atomic E-state index is -0.536. The van der Waals surface area contributed by atoms with Gasteiger partial charge in [-0.15, -0.1) is 0 Å². The minimum absolute atomic E-state index is 0.0416. The van der Waals surface area contributed by atoms with Crippen LogP contribution in [0.4, 0.5) is 0 Å². The molecule has 1 aromatic carbocycles. The highest BCUT2D eigenvalue weighted by Crippen LogP contribution is 2.30. The molecule has 0 bridgehead atoms. The van der Waals surface area contributed by atoms with E-state index < -0.39 is 17.2 Å². The Kier molecular flexibility index (Phi) is 4.83. The lowest BCUT2D eigenvalue weighted by atomic mass is 9.96. The van der Waals surface area contributed by atoms with Crippen LogP contribution >= 0.6 is 0 Å². The number of rotatable bonds is 4. The van der Waals surface area contributed by atoms with Gasteiger partial charge in [0.15, 0.2) is 0 Å². The molecule has 0 radical (unpaired) electrons. The van der Waals surface area contributed by atoms with Gasteiger partial charge in [0.1, 0.15) is 17.2 Å². The van der Waals surface area contributed by atoms with Crippen molar-refractivity contribution in [1.82, 2.24) is 14.5 Å². The molecule has 0 spiro atoms. The number of nitrogens with one attached hydrogen (secondary N) is 1. The maximum atomic E-state index is 12.4. The third kappa shape index (κ3) is 3.35. The maximum absolute atomic E-state index is 12.4. The Bertz CT molecular complexity index is 960. The molecule has 8 nitrogen and oxygen atoms in total. The molecule has 0 unspecified atom stereocenters. The molecule has 2 heterocycles. The van der Waals surface area contributed by atoms with Gasteiger partial charge in [0, 0.05) is 38.7 Å². The second kappa shape index (κ2) is 7.07. The van der Waals surface area contributed by atoms with Crippen molar-refractivity contribution in [1.29, 1.82) is 0 Å². The zero-order valence-electron chi connectivity index (χ0n) is 14.9. The number of ether oxygens (including phenoxy) is 2. The summed E-state index contributed by atoms with van der Waals surface area (Å²) in [7, 11) is 4.44. The highest BCUT2D eigenvalue weighted by Gasteiger charge is 2.22. The second-order valence-corrected chi connectivity index (χ2v) is 6.33. The summed E-state index contributed by atoms with van der Waals surface area (Å²) in [5.74, 6) is 1.18. The number of benzene rings is 1. The zero-order chi connectivity index (χ0) is 18.8. The summed E-state index contributed by atoms with van der Waals surface area (Å²) in [4.78, 5) is 36.1. The predicted molar refractivity (Wildman–Crippen MR) is 94.9 cm³/mol. The van der Waals surface area contributed by atoms with E-state index in [0.717, 1.165) is 38.7 Å². The van der Waals surface area contributed by atoms with Crippen LogP contribution in [0, 0.1) is 5.92 Å². The fourth-order valence-electron chi connectivity index (χ4n) is 2.95. The number of carbonyl (C=O) groups is 1. The monoisotopic (exact) mass is 359 g/mol. The Hall–Kier alpha value is -3.03. The van der Waals surface area contributed by atoms with E-state index in [2.05, 4.69) is 5.32 Å². The molecular weight excluding hydrogens is 338 g/mol. The van der Waals surface area contributed by atoms with Gasteiger partial charge >= 0.3 is 5.69 Å². The van der Waals surface area contributed by atoms with Crippen molar-refractivity contribution in [2.24, 2.45) is 20.0 Å². The molecule has 1 atom stereocenters. The van der Waals surface area contributed by atoms with Crippen molar-refractivity contribution < 1.29 is 14.3 Å². The third-order valence-electron chi connectivity index (χ3n) is 4.57. The van der Waals surface area contributed by atoms with Crippen LogP contribution in [-0.4, -0.2) is 35.3 Å². The van der Waals surface area contributed by atoms with Crippen LogP contribution in [0.3, 0.4) is 0 Å². The largest absolute Gasteiger partial charge is 0.497 e. The number of amides is 1. The topological polar surface area (TPSA) is 91.6 Å². The molecule has 138 valence electrons. The third-order valence-corrected chi connectivity index (χ3v) is 4.57. The SMILES string of the molecule is COc1ccc2c(c1)OC[C@@H](CNC(=O)c1cc(=O)n(C)c(=O)n1C)C2. The van der Waals surface area contributed by atoms with Crippen LogP contribution in [0.15, 0.2) is 33.9 Å². The van der Waals surface area contributed by atoms with Crippen molar-refractivity contribution in [3.8, 4) is 11.5 Å². The van der Waals surface area contributed by atoms with Gasteiger partial charge in [0.2, 0.25) is 0 Å². The smallest absolute Gasteiger partial charge is 0.331 e. The van der Waals surface area contributed by atoms with E-state index in [-0.39, 0.29) is 11.6 Å². The molecule has 8 heteroatoms. The summed E-state index contributed by atoms with van der Waals surface area (Å²) >= 11 is 0. The highest BCUT2D eigenvalue weighted by atomic mass is 16.5. The molecule has 3 rings (SSSR count). The Morgan fingerprint density at radius 3 is 2.77 bits per heavy atom. The lowest BCUT2D eigenvalue weighted by Crippen LogP contribution is -2.42. The molecular formula is C18H21N3O5. The molecule has 0 aliphatic carbocycles. The first-order valence-electron chi connectivity index (χ1n) is 8.25. The second-order valence-electron chi connectivity index (χ2n) is 6.33.